The van der Waals surface area contributed by atoms with Gasteiger partial charge in [-0.1, -0.05) is 23.2 Å². The van der Waals surface area contributed by atoms with Gasteiger partial charge in [0.1, 0.15) is 27.4 Å². The number of anilines is 1. The molecule has 1 N–H and O–H groups in total. The van der Waals surface area contributed by atoms with E-state index < -0.39 is 23.9 Å². The van der Waals surface area contributed by atoms with Crippen molar-refractivity contribution in [2.75, 3.05) is 18.5 Å². The molecule has 0 saturated heterocycles. The van der Waals surface area contributed by atoms with Crippen LogP contribution in [0.25, 0.3) is 0 Å². The van der Waals surface area contributed by atoms with Crippen LogP contribution in [0.3, 0.4) is 0 Å². The van der Waals surface area contributed by atoms with Gasteiger partial charge in [-0.05, 0) is 19.4 Å². The topological polar surface area (TPSA) is 59.9 Å². The molecule has 5 nitrogen and oxygen atoms in total. The van der Waals surface area contributed by atoms with Crippen molar-refractivity contribution < 1.29 is 26.7 Å². The fourth-order valence-corrected chi connectivity index (χ4v) is 2.43. The van der Waals surface area contributed by atoms with Crippen molar-refractivity contribution in [3.05, 3.63) is 39.4 Å². The smallest absolute Gasteiger partial charge is 0.417 e. The number of pyridine rings is 1. The van der Waals surface area contributed by atoms with Crippen molar-refractivity contribution in [3.63, 3.8) is 0 Å². The maximum absolute atomic E-state index is 12.8. The number of alkyl halides is 5. The van der Waals surface area contributed by atoms with Crippen LogP contribution in [0.2, 0.25) is 10.0 Å². The van der Waals surface area contributed by atoms with E-state index in [2.05, 4.69) is 20.3 Å². The minimum Gasteiger partial charge on any atom is -0.477 e. The Morgan fingerprint density at radius 1 is 1.22 bits per heavy atom. The Labute approximate surface area is 160 Å². The molecule has 0 aliphatic rings. The third-order valence-corrected chi connectivity index (χ3v) is 3.83. The van der Waals surface area contributed by atoms with Crippen LogP contribution in [0.5, 0.6) is 5.88 Å². The highest BCUT2D eigenvalue weighted by Gasteiger charge is 2.31. The Bertz CT molecular complexity index is 805. The summed E-state index contributed by atoms with van der Waals surface area (Å²) in [6.45, 7) is 1.76. The summed E-state index contributed by atoms with van der Waals surface area (Å²) in [7, 11) is 0. The van der Waals surface area contributed by atoms with Crippen LogP contribution < -0.4 is 10.1 Å². The van der Waals surface area contributed by atoms with Gasteiger partial charge in [-0.2, -0.15) is 13.2 Å². The van der Waals surface area contributed by atoms with Gasteiger partial charge in [-0.3, -0.25) is 0 Å². The molecule has 0 amide bonds. The number of nitrogens with one attached hydrogen (secondary N) is 1. The van der Waals surface area contributed by atoms with Crippen molar-refractivity contribution in [2.24, 2.45) is 0 Å². The lowest BCUT2D eigenvalue weighted by molar-refractivity contribution is -0.137. The van der Waals surface area contributed by atoms with E-state index in [1.807, 2.05) is 0 Å². The third kappa shape index (κ3) is 5.77. The molecule has 2 aromatic rings. The molecule has 2 rings (SSSR count). The van der Waals surface area contributed by atoms with E-state index in [9.17, 15) is 22.0 Å². The molecule has 0 bridgehead atoms. The summed E-state index contributed by atoms with van der Waals surface area (Å²) in [6, 6.07) is 0.720. The number of aromatic nitrogens is 3. The fourth-order valence-electron chi connectivity index (χ4n) is 1.98. The average Bonchev–Trinajstić information content (AvgIpc) is 2.57. The quantitative estimate of drug-likeness (QED) is 0.475. The van der Waals surface area contributed by atoms with Gasteiger partial charge in [-0.25, -0.2) is 23.7 Å². The van der Waals surface area contributed by atoms with E-state index in [0.29, 0.717) is 12.6 Å². The van der Waals surface area contributed by atoms with E-state index in [0.717, 1.165) is 6.07 Å². The summed E-state index contributed by atoms with van der Waals surface area (Å²) in [5.41, 5.74) is -1.55. The summed E-state index contributed by atoms with van der Waals surface area (Å²) in [4.78, 5) is 11.1. The van der Waals surface area contributed by atoms with E-state index in [1.165, 1.54) is 6.92 Å². The van der Waals surface area contributed by atoms with E-state index in [4.69, 9.17) is 27.9 Å². The third-order valence-electron chi connectivity index (χ3n) is 3.18. The number of nitrogens with zero attached hydrogens (tertiary/aromatic N) is 3. The molecule has 0 spiro atoms. The second-order valence-corrected chi connectivity index (χ2v) is 6.04. The van der Waals surface area contributed by atoms with Crippen molar-refractivity contribution in [2.45, 2.75) is 25.9 Å². The second-order valence-electron chi connectivity index (χ2n) is 5.26. The van der Waals surface area contributed by atoms with Gasteiger partial charge < -0.3 is 10.1 Å². The van der Waals surface area contributed by atoms with Crippen LogP contribution in [0, 0.1) is 6.92 Å². The minimum atomic E-state index is -4.55. The highest BCUT2D eigenvalue weighted by Crippen LogP contribution is 2.33. The Morgan fingerprint density at radius 3 is 2.52 bits per heavy atom. The molecule has 148 valence electrons. The molecule has 0 saturated carbocycles. The maximum atomic E-state index is 12.8. The van der Waals surface area contributed by atoms with Crippen LogP contribution in [0.4, 0.5) is 27.8 Å². The lowest BCUT2D eigenvalue weighted by Crippen LogP contribution is -2.12. The summed E-state index contributed by atoms with van der Waals surface area (Å²) >= 11 is 11.6. The van der Waals surface area contributed by atoms with Gasteiger partial charge in [0.2, 0.25) is 5.88 Å². The molecule has 0 unspecified atom stereocenters. The molecule has 0 aliphatic heterocycles. The lowest BCUT2D eigenvalue weighted by atomic mass is 10.3. The largest absolute Gasteiger partial charge is 0.477 e. The molecule has 12 heteroatoms. The van der Waals surface area contributed by atoms with E-state index in [-0.39, 0.29) is 40.7 Å². The molecule has 2 aromatic heterocycles. The lowest BCUT2D eigenvalue weighted by Gasteiger charge is -2.12. The molecule has 0 atom stereocenters. The predicted octanol–water partition coefficient (Wildman–Crippen LogP) is 5.32. The Kier molecular flexibility index (Phi) is 6.99. The molecule has 27 heavy (non-hydrogen) atoms. The van der Waals surface area contributed by atoms with Crippen LogP contribution >= 0.6 is 23.2 Å². The first-order valence-corrected chi connectivity index (χ1v) is 8.26. The highest BCUT2D eigenvalue weighted by molar-refractivity contribution is 6.33. The number of halogens is 7. The number of rotatable bonds is 7. The zero-order chi connectivity index (χ0) is 20.2. The van der Waals surface area contributed by atoms with Gasteiger partial charge in [-0.15, -0.1) is 0 Å². The average molecular weight is 431 g/mol. The molecule has 0 aromatic carbocycles. The molecule has 0 fully saturated rings. The van der Waals surface area contributed by atoms with E-state index >= 15 is 0 Å². The maximum Gasteiger partial charge on any atom is 0.417 e. The summed E-state index contributed by atoms with van der Waals surface area (Å²) in [6.07, 6.45) is -6.42. The Hall–Kier alpha value is -1.94. The normalized spacial score (nSPS) is 11.7. The van der Waals surface area contributed by atoms with Crippen LogP contribution in [-0.4, -0.2) is 28.1 Å². The number of hydrogen-bond acceptors (Lipinski definition) is 5. The first-order chi connectivity index (χ1) is 12.6. The number of hydrogen-bond donors (Lipinski definition) is 1. The van der Waals surface area contributed by atoms with E-state index in [1.54, 1.807) is 0 Å². The minimum absolute atomic E-state index is 0.0603. The van der Waals surface area contributed by atoms with Crippen LogP contribution in [0.1, 0.15) is 29.9 Å². The first-order valence-electron chi connectivity index (χ1n) is 7.51. The van der Waals surface area contributed by atoms with Gasteiger partial charge in [0, 0.05) is 12.7 Å². The summed E-state index contributed by atoms with van der Waals surface area (Å²) in [5.74, 6) is 0.0555. The fraction of sp³-hybridized carbons (Fsp3) is 0.400. The van der Waals surface area contributed by atoms with Gasteiger partial charge in [0.15, 0.2) is 0 Å². The molecule has 0 aliphatic carbocycles. The van der Waals surface area contributed by atoms with Gasteiger partial charge >= 0.3 is 6.18 Å². The molecular formula is C15H13Cl2F5N4O. The Morgan fingerprint density at radius 2 is 1.93 bits per heavy atom. The molecule has 2 heterocycles. The monoisotopic (exact) mass is 430 g/mol. The van der Waals surface area contributed by atoms with Crippen molar-refractivity contribution in [1.82, 2.24) is 15.0 Å². The summed E-state index contributed by atoms with van der Waals surface area (Å²) in [5, 5.41) is 2.24. The first kappa shape index (κ1) is 21.4. The zero-order valence-electron chi connectivity index (χ0n) is 13.7. The zero-order valence-corrected chi connectivity index (χ0v) is 15.3. The Balaban J connectivity index is 1.88. The van der Waals surface area contributed by atoms with Crippen LogP contribution in [0.15, 0.2) is 12.3 Å². The highest BCUT2D eigenvalue weighted by atomic mass is 35.5. The standard InChI is InChI=1S/C15H13Cl2F5N4O/c1-7-25-11(12(18)19)10(17)13(26-7)23-3-2-4-27-14-9(16)5-8(6-24-14)15(20,21)22/h5-6,12H,2-4H2,1H3,(H,23,25,26). The van der Waals surface area contributed by atoms with Crippen molar-refractivity contribution in [3.8, 4) is 5.88 Å². The van der Waals surface area contributed by atoms with Gasteiger partial charge in [0.05, 0.1) is 12.2 Å². The predicted molar refractivity (Wildman–Crippen MR) is 89.6 cm³/mol. The number of ether oxygens (including phenoxy) is 1. The molecular weight excluding hydrogens is 418 g/mol. The molecule has 0 radical (unpaired) electrons. The number of aryl methyl sites for hydroxylation is 1. The van der Waals surface area contributed by atoms with Crippen LogP contribution in [-0.2, 0) is 6.18 Å². The van der Waals surface area contributed by atoms with Crippen molar-refractivity contribution >= 4 is 29.0 Å². The second kappa shape index (κ2) is 8.83. The SMILES string of the molecule is Cc1nc(NCCCOc2ncc(C(F)(F)F)cc2Cl)c(Cl)c(C(F)F)n1. The van der Waals surface area contributed by atoms with Crippen molar-refractivity contribution in [1.29, 1.82) is 0 Å². The summed E-state index contributed by atoms with van der Waals surface area (Å²) < 4.78 is 68.5. The van der Waals surface area contributed by atoms with Gasteiger partial charge in [0.25, 0.3) is 6.43 Å².